The highest BCUT2D eigenvalue weighted by Crippen LogP contribution is 2.42. The molecule has 1 aliphatic rings. The van der Waals surface area contributed by atoms with E-state index in [-0.39, 0.29) is 37.4 Å². The number of hydrogen-bond donors (Lipinski definition) is 1. The van der Waals surface area contributed by atoms with E-state index >= 15 is 0 Å². The molecule has 0 radical (unpaired) electrons. The average Bonchev–Trinajstić information content (AvgIpc) is 2.90. The number of nitrogens with zero attached hydrogens (tertiary/aromatic N) is 2. The number of benzene rings is 2. The first-order chi connectivity index (χ1) is 20.1. The van der Waals surface area contributed by atoms with Crippen LogP contribution in [0.15, 0.2) is 36.4 Å². The van der Waals surface area contributed by atoms with E-state index in [4.69, 9.17) is 0 Å². The van der Waals surface area contributed by atoms with Gasteiger partial charge in [-0.3, -0.25) is 0 Å². The summed E-state index contributed by atoms with van der Waals surface area (Å²) in [5.41, 5.74) is -3.37. The molecule has 0 aromatic heterocycles. The average molecular weight is 652 g/mol. The lowest BCUT2D eigenvalue weighted by molar-refractivity contribution is -0.143. The minimum atomic E-state index is -5.06. The fourth-order valence-electron chi connectivity index (χ4n) is 5.23. The van der Waals surface area contributed by atoms with Crippen molar-refractivity contribution in [2.24, 2.45) is 0 Å². The van der Waals surface area contributed by atoms with Crippen LogP contribution in [0.5, 0.6) is 0 Å². The van der Waals surface area contributed by atoms with Crippen molar-refractivity contribution in [2.45, 2.75) is 88.6 Å². The number of aldehydes is 1. The summed E-state index contributed by atoms with van der Waals surface area (Å²) in [7, 11) is -0.332. The first-order valence-electron chi connectivity index (χ1n) is 13.8. The number of nitrogens with one attached hydrogen (secondary N) is 1. The zero-order valence-corrected chi connectivity index (χ0v) is 26.0. The lowest BCUT2D eigenvalue weighted by Gasteiger charge is -2.48. The van der Waals surface area contributed by atoms with E-state index in [0.717, 1.165) is 4.90 Å². The van der Waals surface area contributed by atoms with Crippen LogP contribution >= 0.6 is 0 Å². The lowest BCUT2D eigenvalue weighted by atomic mass is 9.79. The molecule has 0 bridgehead atoms. The Labute approximate surface area is 254 Å². The predicted molar refractivity (Wildman–Crippen MR) is 152 cm³/mol. The first-order valence-corrected chi connectivity index (χ1v) is 15.0. The second-order valence-electron chi connectivity index (χ2n) is 12.2. The maximum Gasteiger partial charge on any atom is 0.416 e. The summed E-state index contributed by atoms with van der Waals surface area (Å²) in [5.74, 6) is -0.526. The second kappa shape index (κ2) is 12.8. The Kier molecular flexibility index (Phi) is 10.3. The van der Waals surface area contributed by atoms with Gasteiger partial charge in [0.2, 0.25) is 0 Å². The van der Waals surface area contributed by atoms with Gasteiger partial charge >= 0.3 is 18.4 Å². The Balaban J connectivity index is 2.05. The number of amides is 2. The maximum atomic E-state index is 14.1. The van der Waals surface area contributed by atoms with Crippen LogP contribution in [0.3, 0.4) is 0 Å². The number of hydrogen-bond acceptors (Lipinski definition) is 3. The Morgan fingerprint density at radius 3 is 2.14 bits per heavy atom. The van der Waals surface area contributed by atoms with Gasteiger partial charge in [-0.15, -0.1) is 0 Å². The number of halogens is 7. The van der Waals surface area contributed by atoms with Gasteiger partial charge < -0.3 is 14.6 Å². The van der Waals surface area contributed by atoms with Gasteiger partial charge in [-0.1, -0.05) is 6.07 Å². The molecule has 1 saturated heterocycles. The topological polar surface area (TPSA) is 69.7 Å². The van der Waals surface area contributed by atoms with Crippen LogP contribution in [0, 0.1) is 12.7 Å². The standard InChI is InChI=1S/C30H36F7N3O3S/c1-18-13-23(31)7-8-24(18)25-17-28(10-12-41,38-44(43)27(3,4)5)9-11-40(25)26(42)39(6)19(2)20-14-21(29(32,33)34)16-22(15-20)30(35,36)37/h7-8,12-16,19,25,38H,9-11,17H2,1-6H3/t19-,25-,28-,44-/m1/s1. The minimum Gasteiger partial charge on any atom is -0.321 e. The van der Waals surface area contributed by atoms with Crippen molar-refractivity contribution >= 4 is 23.3 Å². The van der Waals surface area contributed by atoms with Crippen LogP contribution < -0.4 is 4.72 Å². The van der Waals surface area contributed by atoms with Crippen LogP contribution in [0.25, 0.3) is 0 Å². The third-order valence-corrected chi connectivity index (χ3v) is 9.67. The van der Waals surface area contributed by atoms with Gasteiger partial charge in [0.1, 0.15) is 12.1 Å². The largest absolute Gasteiger partial charge is 0.416 e. The summed E-state index contributed by atoms with van der Waals surface area (Å²) in [5, 5.41) is 0. The molecule has 1 aliphatic heterocycles. The summed E-state index contributed by atoms with van der Waals surface area (Å²) < 4.78 is 111. The molecule has 2 amide bonds. The molecule has 1 heterocycles. The van der Waals surface area contributed by atoms with Gasteiger partial charge in [0.25, 0.3) is 0 Å². The summed E-state index contributed by atoms with van der Waals surface area (Å²) in [6.07, 6.45) is -9.24. The fourth-order valence-corrected chi connectivity index (χ4v) is 6.20. The molecule has 0 unspecified atom stereocenters. The van der Waals surface area contributed by atoms with Gasteiger partial charge in [0, 0.05) is 25.6 Å². The zero-order chi connectivity index (χ0) is 33.4. The molecule has 0 saturated carbocycles. The lowest BCUT2D eigenvalue weighted by Crippen LogP contribution is -2.59. The van der Waals surface area contributed by atoms with E-state index in [1.54, 1.807) is 27.7 Å². The highest BCUT2D eigenvalue weighted by molar-refractivity contribution is 7.84. The smallest absolute Gasteiger partial charge is 0.321 e. The Hall–Kier alpha value is -3.00. The maximum absolute atomic E-state index is 14.1. The molecule has 0 aliphatic carbocycles. The number of urea groups is 1. The third kappa shape index (κ3) is 7.98. The third-order valence-electron chi connectivity index (χ3n) is 7.94. The Bertz CT molecular complexity index is 1380. The van der Waals surface area contributed by atoms with Crippen LogP contribution in [0.2, 0.25) is 0 Å². The molecule has 6 nitrogen and oxygen atoms in total. The minimum absolute atomic E-state index is 0.00402. The molecule has 14 heteroatoms. The van der Waals surface area contributed by atoms with E-state index in [9.17, 15) is 44.5 Å². The number of aryl methyl sites for hydroxylation is 1. The predicted octanol–water partition coefficient (Wildman–Crippen LogP) is 7.50. The van der Waals surface area contributed by atoms with Crippen molar-refractivity contribution in [1.29, 1.82) is 0 Å². The van der Waals surface area contributed by atoms with Crippen molar-refractivity contribution in [3.63, 3.8) is 0 Å². The fraction of sp³-hybridized carbons (Fsp3) is 0.533. The highest BCUT2D eigenvalue weighted by Gasteiger charge is 2.45. The van der Waals surface area contributed by atoms with E-state index < -0.39 is 68.7 Å². The number of alkyl halides is 6. The number of rotatable bonds is 7. The summed E-state index contributed by atoms with van der Waals surface area (Å²) in [4.78, 5) is 28.2. The van der Waals surface area contributed by atoms with Crippen molar-refractivity contribution < 1.29 is 44.5 Å². The van der Waals surface area contributed by atoms with Crippen molar-refractivity contribution in [2.75, 3.05) is 13.6 Å². The Morgan fingerprint density at radius 1 is 1.09 bits per heavy atom. The van der Waals surface area contributed by atoms with Gasteiger partial charge in [-0.25, -0.2) is 18.1 Å². The molecule has 2 aromatic carbocycles. The van der Waals surface area contributed by atoms with E-state index in [1.165, 1.54) is 37.1 Å². The summed E-state index contributed by atoms with van der Waals surface area (Å²) in [6.45, 7) is 8.19. The van der Waals surface area contributed by atoms with Crippen molar-refractivity contribution in [3.05, 3.63) is 70.0 Å². The highest BCUT2D eigenvalue weighted by atomic mass is 32.2. The van der Waals surface area contributed by atoms with Crippen molar-refractivity contribution in [1.82, 2.24) is 14.5 Å². The molecule has 0 spiro atoms. The molecule has 1 N–H and O–H groups in total. The zero-order valence-electron chi connectivity index (χ0n) is 25.2. The van der Waals surface area contributed by atoms with E-state index in [0.29, 0.717) is 29.5 Å². The summed E-state index contributed by atoms with van der Waals surface area (Å²) >= 11 is 0. The molecule has 4 atom stereocenters. The molecule has 44 heavy (non-hydrogen) atoms. The number of piperidine rings is 1. The summed E-state index contributed by atoms with van der Waals surface area (Å²) in [6, 6.07) is 2.43. The molecule has 244 valence electrons. The molecular weight excluding hydrogens is 615 g/mol. The van der Waals surface area contributed by atoms with Gasteiger partial charge in [0.15, 0.2) is 0 Å². The number of carbonyl (C=O) groups is 2. The van der Waals surface area contributed by atoms with Crippen molar-refractivity contribution in [3.8, 4) is 0 Å². The van der Waals surface area contributed by atoms with Crippen LogP contribution in [0.4, 0.5) is 35.5 Å². The number of carbonyl (C=O) groups excluding carboxylic acids is 2. The van der Waals surface area contributed by atoms with E-state index in [1.807, 2.05) is 0 Å². The first kappa shape index (κ1) is 35.5. The monoisotopic (exact) mass is 651 g/mol. The van der Waals surface area contributed by atoms with Gasteiger partial charge in [-0.2, -0.15) is 26.3 Å². The van der Waals surface area contributed by atoms with Crippen LogP contribution in [0.1, 0.15) is 86.9 Å². The van der Waals surface area contributed by atoms with E-state index in [2.05, 4.69) is 4.72 Å². The quantitative estimate of drug-likeness (QED) is 0.249. The molecule has 3 rings (SSSR count). The second-order valence-corrected chi connectivity index (χ2v) is 14.2. The SMILES string of the molecule is Cc1cc(F)ccc1[C@H]1C[C@@](CC=O)(N[S@](=O)C(C)(C)C)CCN1C(=O)N(C)[C@H](C)c1cc(C(F)(F)F)cc(C(F)(F)F)c1. The van der Waals surface area contributed by atoms with Gasteiger partial charge in [0.05, 0.1) is 38.9 Å². The Morgan fingerprint density at radius 2 is 1.66 bits per heavy atom. The molecular formula is C30H36F7N3O3S. The van der Waals surface area contributed by atoms with Crippen LogP contribution in [-0.4, -0.2) is 50.2 Å². The van der Waals surface area contributed by atoms with Gasteiger partial charge in [-0.05, 0) is 94.5 Å². The molecule has 1 fully saturated rings. The number of likely N-dealkylation sites (tertiary alicyclic amines) is 1. The normalized spacial score (nSPS) is 21.1. The van der Waals surface area contributed by atoms with Crippen LogP contribution in [-0.2, 0) is 28.1 Å². The molecule has 2 aromatic rings.